The van der Waals surface area contributed by atoms with Crippen molar-refractivity contribution in [2.45, 2.75) is 70.4 Å². The summed E-state index contributed by atoms with van der Waals surface area (Å²) in [6.45, 7) is 5.48. The minimum atomic E-state index is -0.692. The molecule has 1 spiro atoms. The van der Waals surface area contributed by atoms with E-state index in [2.05, 4.69) is 10.2 Å². The summed E-state index contributed by atoms with van der Waals surface area (Å²) in [5, 5.41) is 2.89. The molecule has 4 rings (SSSR count). The van der Waals surface area contributed by atoms with E-state index in [1.807, 2.05) is 49.1 Å². The fourth-order valence-electron chi connectivity index (χ4n) is 5.57. The van der Waals surface area contributed by atoms with Gasteiger partial charge in [-0.25, -0.2) is 0 Å². The highest BCUT2D eigenvalue weighted by atomic mass is 16.2. The van der Waals surface area contributed by atoms with E-state index in [9.17, 15) is 14.4 Å². The first kappa shape index (κ1) is 22.6. The van der Waals surface area contributed by atoms with Crippen LogP contribution < -0.4 is 10.2 Å². The molecule has 2 saturated heterocycles. The van der Waals surface area contributed by atoms with Gasteiger partial charge in [-0.3, -0.25) is 14.4 Å². The molecule has 0 radical (unpaired) electrons. The number of rotatable bonds is 5. The van der Waals surface area contributed by atoms with E-state index in [0.717, 1.165) is 31.4 Å². The van der Waals surface area contributed by atoms with Gasteiger partial charge in [0.1, 0.15) is 12.1 Å². The summed E-state index contributed by atoms with van der Waals surface area (Å²) in [6.07, 6.45) is 6.70. The molecule has 3 fully saturated rings. The summed E-state index contributed by atoms with van der Waals surface area (Å²) >= 11 is 0. The zero-order valence-electron chi connectivity index (χ0n) is 19.4. The topological polar surface area (TPSA) is 73.0 Å². The summed E-state index contributed by atoms with van der Waals surface area (Å²) < 4.78 is 0. The fraction of sp³-hybridized carbons (Fsp3) is 0.640. The molecule has 1 N–H and O–H groups in total. The lowest BCUT2D eigenvalue weighted by atomic mass is 9.83. The lowest BCUT2D eigenvalue weighted by Gasteiger charge is -2.44. The molecule has 0 unspecified atom stereocenters. The first-order chi connectivity index (χ1) is 15.4. The van der Waals surface area contributed by atoms with Crippen LogP contribution in [0.15, 0.2) is 30.3 Å². The van der Waals surface area contributed by atoms with Gasteiger partial charge in [-0.15, -0.1) is 0 Å². The number of likely N-dealkylation sites (tertiary alicyclic amines) is 1. The van der Waals surface area contributed by atoms with Crippen LogP contribution in [0.5, 0.6) is 0 Å². The van der Waals surface area contributed by atoms with Gasteiger partial charge >= 0.3 is 0 Å². The number of para-hydroxylation sites is 1. The predicted molar refractivity (Wildman–Crippen MR) is 124 cm³/mol. The summed E-state index contributed by atoms with van der Waals surface area (Å²) in [4.78, 5) is 44.9. The van der Waals surface area contributed by atoms with Gasteiger partial charge in [-0.1, -0.05) is 37.5 Å². The molecular formula is C25H36N4O3. The lowest BCUT2D eigenvalue weighted by molar-refractivity contribution is -0.142. The molecule has 0 atom stereocenters. The van der Waals surface area contributed by atoms with E-state index in [4.69, 9.17) is 0 Å². The molecule has 7 nitrogen and oxygen atoms in total. The Morgan fingerprint density at radius 2 is 1.72 bits per heavy atom. The Morgan fingerprint density at radius 1 is 1.06 bits per heavy atom. The highest BCUT2D eigenvalue weighted by Crippen LogP contribution is 2.40. The van der Waals surface area contributed by atoms with Crippen molar-refractivity contribution in [3.05, 3.63) is 30.3 Å². The smallest absolute Gasteiger partial charge is 0.250 e. The maximum absolute atomic E-state index is 13.7. The molecule has 2 aliphatic heterocycles. The van der Waals surface area contributed by atoms with Crippen LogP contribution in [0.1, 0.15) is 58.8 Å². The van der Waals surface area contributed by atoms with Crippen molar-refractivity contribution in [3.63, 3.8) is 0 Å². The van der Waals surface area contributed by atoms with E-state index in [0.29, 0.717) is 32.6 Å². The molecule has 1 aliphatic carbocycles. The fourth-order valence-corrected chi connectivity index (χ4v) is 5.57. The maximum atomic E-state index is 13.7. The normalized spacial score (nSPS) is 21.5. The second kappa shape index (κ2) is 9.51. The minimum Gasteiger partial charge on any atom is -0.352 e. The average molecular weight is 441 g/mol. The number of piperidine rings is 1. The first-order valence-corrected chi connectivity index (χ1v) is 12.1. The number of carbonyl (C=O) groups excluding carboxylic acids is 3. The second-order valence-corrected chi connectivity index (χ2v) is 9.82. The standard InChI is InChI=1S/C25H36N4O3/c1-19(2)26-22(30)17-28-18-29(21-11-7-4-8-12-21)25(24(28)32)13-15-27(16-14-25)23(31)20-9-5-3-6-10-20/h4,7-8,11-12,19-20H,3,5-6,9-10,13-18H2,1-2H3,(H,26,30). The summed E-state index contributed by atoms with van der Waals surface area (Å²) in [5.74, 6) is 0.288. The van der Waals surface area contributed by atoms with Crippen molar-refractivity contribution in [1.82, 2.24) is 15.1 Å². The van der Waals surface area contributed by atoms with E-state index < -0.39 is 5.54 Å². The van der Waals surface area contributed by atoms with Gasteiger partial charge in [0.05, 0.1) is 6.67 Å². The number of hydrogen-bond donors (Lipinski definition) is 1. The quantitative estimate of drug-likeness (QED) is 0.764. The van der Waals surface area contributed by atoms with Crippen LogP contribution in [-0.2, 0) is 14.4 Å². The molecule has 174 valence electrons. The van der Waals surface area contributed by atoms with Crippen LogP contribution in [0.4, 0.5) is 5.69 Å². The molecule has 3 aliphatic rings. The number of benzene rings is 1. The molecule has 7 heteroatoms. The van der Waals surface area contributed by atoms with Crippen molar-refractivity contribution in [3.8, 4) is 0 Å². The van der Waals surface area contributed by atoms with Gasteiger partial charge in [0, 0.05) is 30.7 Å². The van der Waals surface area contributed by atoms with E-state index in [1.165, 1.54) is 6.42 Å². The van der Waals surface area contributed by atoms with Gasteiger partial charge in [0.2, 0.25) is 11.8 Å². The first-order valence-electron chi connectivity index (χ1n) is 12.1. The third-order valence-electron chi connectivity index (χ3n) is 7.22. The predicted octanol–water partition coefficient (Wildman–Crippen LogP) is 2.76. The summed E-state index contributed by atoms with van der Waals surface area (Å²) in [5.41, 5.74) is 0.294. The zero-order chi connectivity index (χ0) is 22.7. The van der Waals surface area contributed by atoms with Crippen LogP contribution in [0.25, 0.3) is 0 Å². The minimum absolute atomic E-state index is 0.00465. The third kappa shape index (κ3) is 4.48. The van der Waals surface area contributed by atoms with Crippen LogP contribution in [0.3, 0.4) is 0 Å². The number of hydrogen-bond acceptors (Lipinski definition) is 4. The van der Waals surface area contributed by atoms with Crippen LogP contribution >= 0.6 is 0 Å². The van der Waals surface area contributed by atoms with Crippen LogP contribution in [0, 0.1) is 5.92 Å². The van der Waals surface area contributed by atoms with Gasteiger partial charge in [-0.2, -0.15) is 0 Å². The van der Waals surface area contributed by atoms with Crippen molar-refractivity contribution in [1.29, 1.82) is 0 Å². The van der Waals surface area contributed by atoms with Gasteiger partial charge in [-0.05, 0) is 51.7 Å². The molecule has 3 amide bonds. The van der Waals surface area contributed by atoms with Crippen molar-refractivity contribution >= 4 is 23.4 Å². The molecule has 2 heterocycles. The Morgan fingerprint density at radius 3 is 2.34 bits per heavy atom. The molecule has 32 heavy (non-hydrogen) atoms. The monoisotopic (exact) mass is 440 g/mol. The van der Waals surface area contributed by atoms with Crippen molar-refractivity contribution < 1.29 is 14.4 Å². The lowest BCUT2D eigenvalue weighted by Crippen LogP contribution is -2.58. The largest absolute Gasteiger partial charge is 0.352 e. The van der Waals surface area contributed by atoms with Crippen molar-refractivity contribution in [2.75, 3.05) is 31.2 Å². The van der Waals surface area contributed by atoms with E-state index in [-0.39, 0.29) is 36.2 Å². The maximum Gasteiger partial charge on any atom is 0.250 e. The van der Waals surface area contributed by atoms with Gasteiger partial charge in [0.15, 0.2) is 0 Å². The zero-order valence-corrected chi connectivity index (χ0v) is 19.4. The molecule has 0 bridgehead atoms. The number of nitrogens with one attached hydrogen (secondary N) is 1. The number of anilines is 1. The molecular weight excluding hydrogens is 404 g/mol. The Hall–Kier alpha value is -2.57. The Bertz CT molecular complexity index is 827. The third-order valence-corrected chi connectivity index (χ3v) is 7.22. The highest BCUT2D eigenvalue weighted by molar-refractivity contribution is 5.96. The number of amides is 3. The van der Waals surface area contributed by atoms with Crippen molar-refractivity contribution in [2.24, 2.45) is 5.92 Å². The second-order valence-electron chi connectivity index (χ2n) is 9.82. The average Bonchev–Trinajstić information content (AvgIpc) is 3.06. The summed E-state index contributed by atoms with van der Waals surface area (Å²) in [7, 11) is 0. The highest BCUT2D eigenvalue weighted by Gasteiger charge is 2.54. The molecule has 1 aromatic rings. The van der Waals surface area contributed by atoms with Crippen LogP contribution in [-0.4, -0.2) is 65.4 Å². The van der Waals surface area contributed by atoms with Gasteiger partial charge in [0.25, 0.3) is 5.91 Å². The number of carbonyl (C=O) groups is 3. The Kier molecular flexibility index (Phi) is 6.72. The summed E-state index contributed by atoms with van der Waals surface area (Å²) in [6, 6.07) is 9.99. The Balaban J connectivity index is 1.51. The molecule has 1 saturated carbocycles. The Labute approximate surface area is 191 Å². The van der Waals surface area contributed by atoms with E-state index in [1.54, 1.807) is 4.90 Å². The molecule has 0 aromatic heterocycles. The SMILES string of the molecule is CC(C)NC(=O)CN1CN(c2ccccc2)C2(CCN(C(=O)C3CCCCC3)CC2)C1=O. The van der Waals surface area contributed by atoms with Crippen LogP contribution in [0.2, 0.25) is 0 Å². The van der Waals surface area contributed by atoms with Gasteiger partial charge < -0.3 is 20.0 Å². The van der Waals surface area contributed by atoms with E-state index >= 15 is 0 Å². The number of nitrogens with zero attached hydrogens (tertiary/aromatic N) is 3. The molecule has 1 aromatic carbocycles.